The molecule has 4 heteroatoms. The Morgan fingerprint density at radius 2 is 2.05 bits per heavy atom. The minimum Gasteiger partial charge on any atom is -0.293 e. The molecule has 0 bridgehead atoms. The van der Waals surface area contributed by atoms with Gasteiger partial charge in [-0.05, 0) is 45.1 Å². The molecule has 0 N–H and O–H groups in total. The van der Waals surface area contributed by atoms with Crippen molar-refractivity contribution >= 4 is 43.1 Å². The zero-order chi connectivity index (χ0) is 13.2. The number of hydrogen-bond acceptors (Lipinski definition) is 3. The van der Waals surface area contributed by atoms with Crippen molar-refractivity contribution in [2.45, 2.75) is 6.42 Å². The molecular formula is C15H10BrNOS. The summed E-state index contributed by atoms with van der Waals surface area (Å²) in [5.74, 6) is 0.140. The van der Waals surface area contributed by atoms with E-state index in [0.29, 0.717) is 6.42 Å². The van der Waals surface area contributed by atoms with Crippen LogP contribution in [0.3, 0.4) is 0 Å². The summed E-state index contributed by atoms with van der Waals surface area (Å²) < 4.78 is 2.05. The van der Waals surface area contributed by atoms with Crippen LogP contribution in [-0.4, -0.2) is 10.8 Å². The quantitative estimate of drug-likeness (QED) is 0.662. The molecule has 1 aromatic carbocycles. The Morgan fingerprint density at radius 3 is 2.84 bits per heavy atom. The molecule has 0 radical (unpaired) electrons. The summed E-state index contributed by atoms with van der Waals surface area (Å²) in [4.78, 5) is 17.1. The second-order valence-electron chi connectivity index (χ2n) is 4.26. The fourth-order valence-corrected chi connectivity index (χ4v) is 3.36. The Bertz CT molecular complexity index is 717. The number of carbonyl (C=O) groups excluding carboxylic acids is 1. The van der Waals surface area contributed by atoms with Gasteiger partial charge in [-0.2, -0.15) is 0 Å². The average molecular weight is 332 g/mol. The summed E-state index contributed by atoms with van der Waals surface area (Å²) in [6.45, 7) is 0. The number of aromatic nitrogens is 1. The Hall–Kier alpha value is -1.52. The van der Waals surface area contributed by atoms with Crippen molar-refractivity contribution in [3.8, 4) is 0 Å². The summed E-state index contributed by atoms with van der Waals surface area (Å²) in [5.41, 5.74) is 0.928. The molecule has 2 heterocycles. The van der Waals surface area contributed by atoms with Crippen molar-refractivity contribution in [2.75, 3.05) is 0 Å². The van der Waals surface area contributed by atoms with Crippen molar-refractivity contribution in [1.82, 2.24) is 4.98 Å². The SMILES string of the molecule is O=C(Cc1cncc(Br)c1)c1cc2ccccc2s1. The summed E-state index contributed by atoms with van der Waals surface area (Å²) in [6.07, 6.45) is 3.84. The van der Waals surface area contributed by atoms with Crippen LogP contribution < -0.4 is 0 Å². The molecule has 0 aliphatic heterocycles. The lowest BCUT2D eigenvalue weighted by Crippen LogP contribution is -2.01. The number of fused-ring (bicyclic) bond motifs is 1. The van der Waals surface area contributed by atoms with Gasteiger partial charge in [0.15, 0.2) is 5.78 Å². The molecule has 19 heavy (non-hydrogen) atoms. The van der Waals surface area contributed by atoms with Gasteiger partial charge in [-0.3, -0.25) is 9.78 Å². The van der Waals surface area contributed by atoms with E-state index in [1.807, 2.05) is 36.4 Å². The van der Waals surface area contributed by atoms with E-state index in [4.69, 9.17) is 0 Å². The number of nitrogens with zero attached hydrogens (tertiary/aromatic N) is 1. The molecule has 0 saturated heterocycles. The fraction of sp³-hybridized carbons (Fsp3) is 0.0667. The van der Waals surface area contributed by atoms with Crippen LogP contribution in [0.4, 0.5) is 0 Å². The highest BCUT2D eigenvalue weighted by Crippen LogP contribution is 2.26. The molecule has 0 aliphatic carbocycles. The van der Waals surface area contributed by atoms with Gasteiger partial charge in [-0.25, -0.2) is 0 Å². The number of benzene rings is 1. The molecule has 0 unspecified atom stereocenters. The van der Waals surface area contributed by atoms with E-state index in [9.17, 15) is 4.79 Å². The number of pyridine rings is 1. The topological polar surface area (TPSA) is 30.0 Å². The maximum Gasteiger partial charge on any atom is 0.177 e. The van der Waals surface area contributed by atoms with E-state index in [0.717, 1.165) is 25.0 Å². The minimum atomic E-state index is 0.140. The number of Topliss-reactive ketones (excluding diaryl/α,β-unsaturated/α-hetero) is 1. The second-order valence-corrected chi connectivity index (χ2v) is 6.26. The molecule has 0 fully saturated rings. The van der Waals surface area contributed by atoms with Crippen LogP contribution in [0.15, 0.2) is 53.3 Å². The lowest BCUT2D eigenvalue weighted by molar-refractivity contribution is 0.0997. The molecule has 0 saturated carbocycles. The third kappa shape index (κ3) is 2.74. The monoisotopic (exact) mass is 331 g/mol. The highest BCUT2D eigenvalue weighted by molar-refractivity contribution is 9.10. The number of carbonyl (C=O) groups is 1. The highest BCUT2D eigenvalue weighted by Gasteiger charge is 2.11. The van der Waals surface area contributed by atoms with Crippen molar-refractivity contribution in [3.05, 3.63) is 63.7 Å². The number of thiophene rings is 1. The third-order valence-electron chi connectivity index (χ3n) is 2.83. The van der Waals surface area contributed by atoms with Gasteiger partial charge in [0.2, 0.25) is 0 Å². The molecule has 0 spiro atoms. The van der Waals surface area contributed by atoms with Crippen LogP contribution in [0.1, 0.15) is 15.2 Å². The molecule has 3 rings (SSSR count). The van der Waals surface area contributed by atoms with Crippen LogP contribution in [0.5, 0.6) is 0 Å². The number of ketones is 1. The van der Waals surface area contributed by atoms with Gasteiger partial charge < -0.3 is 0 Å². The van der Waals surface area contributed by atoms with Crippen molar-refractivity contribution < 1.29 is 4.79 Å². The average Bonchev–Trinajstić information content (AvgIpc) is 2.82. The van der Waals surface area contributed by atoms with Crippen LogP contribution >= 0.6 is 27.3 Å². The second kappa shape index (κ2) is 5.23. The molecule has 2 aromatic heterocycles. The first-order chi connectivity index (χ1) is 9.22. The molecule has 0 amide bonds. The predicted molar refractivity (Wildman–Crippen MR) is 81.8 cm³/mol. The molecular weight excluding hydrogens is 322 g/mol. The maximum absolute atomic E-state index is 12.3. The van der Waals surface area contributed by atoms with Crippen molar-refractivity contribution in [3.63, 3.8) is 0 Å². The lowest BCUT2D eigenvalue weighted by Gasteiger charge is -1.99. The van der Waals surface area contributed by atoms with E-state index >= 15 is 0 Å². The Morgan fingerprint density at radius 1 is 1.21 bits per heavy atom. The third-order valence-corrected chi connectivity index (χ3v) is 4.42. The number of hydrogen-bond donors (Lipinski definition) is 0. The Labute approximate surface area is 123 Å². The number of rotatable bonds is 3. The summed E-state index contributed by atoms with van der Waals surface area (Å²) >= 11 is 4.91. The highest BCUT2D eigenvalue weighted by atomic mass is 79.9. The van der Waals surface area contributed by atoms with Gasteiger partial charge in [0.05, 0.1) is 4.88 Å². The Balaban J connectivity index is 1.87. The molecule has 94 valence electrons. The van der Waals surface area contributed by atoms with Gasteiger partial charge in [-0.1, -0.05) is 18.2 Å². The van der Waals surface area contributed by atoms with Crippen LogP contribution in [0.2, 0.25) is 0 Å². The van der Waals surface area contributed by atoms with E-state index in [1.54, 1.807) is 23.7 Å². The van der Waals surface area contributed by atoms with Gasteiger partial charge in [-0.15, -0.1) is 11.3 Å². The zero-order valence-corrected chi connectivity index (χ0v) is 12.4. The lowest BCUT2D eigenvalue weighted by atomic mass is 10.1. The fourth-order valence-electron chi connectivity index (χ4n) is 1.94. The molecule has 0 aliphatic rings. The van der Waals surface area contributed by atoms with Crippen LogP contribution in [0, 0.1) is 0 Å². The first-order valence-electron chi connectivity index (χ1n) is 5.83. The summed E-state index contributed by atoms with van der Waals surface area (Å²) in [7, 11) is 0. The normalized spacial score (nSPS) is 10.8. The Kier molecular flexibility index (Phi) is 3.44. The van der Waals surface area contributed by atoms with E-state index in [-0.39, 0.29) is 5.78 Å². The minimum absolute atomic E-state index is 0.140. The summed E-state index contributed by atoms with van der Waals surface area (Å²) in [5, 5.41) is 1.13. The standard InChI is InChI=1S/C15H10BrNOS/c16-12-5-10(8-17-9-12)6-13(18)15-7-11-3-1-2-4-14(11)19-15/h1-5,7-9H,6H2. The van der Waals surface area contributed by atoms with E-state index in [2.05, 4.69) is 20.9 Å². The summed E-state index contributed by atoms with van der Waals surface area (Å²) in [6, 6.07) is 11.9. The van der Waals surface area contributed by atoms with Crippen LogP contribution in [-0.2, 0) is 6.42 Å². The van der Waals surface area contributed by atoms with Gasteiger partial charge in [0, 0.05) is 28.0 Å². The molecule has 2 nitrogen and oxygen atoms in total. The first-order valence-corrected chi connectivity index (χ1v) is 7.44. The predicted octanol–water partition coefficient (Wildman–Crippen LogP) is 4.48. The van der Waals surface area contributed by atoms with Crippen molar-refractivity contribution in [1.29, 1.82) is 0 Å². The molecule has 0 atom stereocenters. The maximum atomic E-state index is 12.3. The van der Waals surface area contributed by atoms with E-state index < -0.39 is 0 Å². The molecule has 3 aromatic rings. The van der Waals surface area contributed by atoms with Gasteiger partial charge >= 0.3 is 0 Å². The number of halogens is 1. The van der Waals surface area contributed by atoms with Gasteiger partial charge in [0.1, 0.15) is 0 Å². The largest absolute Gasteiger partial charge is 0.293 e. The van der Waals surface area contributed by atoms with Crippen LogP contribution in [0.25, 0.3) is 10.1 Å². The first kappa shape index (κ1) is 12.5. The zero-order valence-electron chi connectivity index (χ0n) is 9.97. The van der Waals surface area contributed by atoms with Gasteiger partial charge in [0.25, 0.3) is 0 Å². The van der Waals surface area contributed by atoms with E-state index in [1.165, 1.54) is 0 Å². The smallest absolute Gasteiger partial charge is 0.177 e. The van der Waals surface area contributed by atoms with Crippen molar-refractivity contribution in [2.24, 2.45) is 0 Å².